The van der Waals surface area contributed by atoms with Gasteiger partial charge in [-0.1, -0.05) is 19.0 Å². The van der Waals surface area contributed by atoms with Crippen molar-refractivity contribution in [1.29, 1.82) is 0 Å². The SMILES string of the molecule is CCC(CC)C(=O)NC[C@H]1O[C@H](Cc2cc(-c3ccc(F)cc3)on2)CC[C@@H]1O. The lowest BCUT2D eigenvalue weighted by Gasteiger charge is -2.34. The molecule has 1 aromatic carbocycles. The summed E-state index contributed by atoms with van der Waals surface area (Å²) in [6.45, 7) is 4.29. The molecule has 158 valence electrons. The molecule has 1 aliphatic heterocycles. The normalized spacial score (nSPS) is 22.0. The first-order valence-electron chi connectivity index (χ1n) is 10.3. The van der Waals surface area contributed by atoms with Crippen molar-refractivity contribution >= 4 is 5.91 Å². The molecule has 1 aliphatic rings. The Hall–Kier alpha value is -2.25. The molecule has 1 fully saturated rings. The van der Waals surface area contributed by atoms with Crippen molar-refractivity contribution in [3.63, 3.8) is 0 Å². The van der Waals surface area contributed by atoms with Crippen molar-refractivity contribution in [2.24, 2.45) is 5.92 Å². The summed E-state index contributed by atoms with van der Waals surface area (Å²) >= 11 is 0. The molecule has 0 bridgehead atoms. The Labute approximate surface area is 170 Å². The Kier molecular flexibility index (Phi) is 7.39. The first kappa shape index (κ1) is 21.5. The van der Waals surface area contributed by atoms with Crippen molar-refractivity contribution in [3.8, 4) is 11.3 Å². The van der Waals surface area contributed by atoms with Gasteiger partial charge in [0.15, 0.2) is 5.76 Å². The van der Waals surface area contributed by atoms with Crippen LogP contribution in [0.1, 0.15) is 45.2 Å². The first-order chi connectivity index (χ1) is 14.0. The standard InChI is InChI=1S/C22H29FN2O4/c1-3-14(4-2)22(27)24-13-21-19(26)10-9-18(28-21)11-17-12-20(29-25-17)15-5-7-16(23)8-6-15/h5-8,12,14,18-19,21,26H,3-4,9-11,13H2,1-2H3,(H,24,27)/t18-,19-,21+/m0/s1. The molecule has 1 saturated heterocycles. The van der Waals surface area contributed by atoms with Gasteiger partial charge < -0.3 is 19.7 Å². The predicted octanol–water partition coefficient (Wildman–Crippen LogP) is 3.48. The van der Waals surface area contributed by atoms with Gasteiger partial charge in [-0.25, -0.2) is 4.39 Å². The van der Waals surface area contributed by atoms with E-state index in [1.807, 2.05) is 19.9 Å². The Morgan fingerprint density at radius 2 is 2.00 bits per heavy atom. The van der Waals surface area contributed by atoms with E-state index in [1.165, 1.54) is 12.1 Å². The highest BCUT2D eigenvalue weighted by Crippen LogP contribution is 2.25. The third kappa shape index (κ3) is 5.64. The largest absolute Gasteiger partial charge is 0.390 e. The number of carbonyl (C=O) groups is 1. The zero-order valence-corrected chi connectivity index (χ0v) is 16.9. The number of hydrogen-bond donors (Lipinski definition) is 2. The highest BCUT2D eigenvalue weighted by molar-refractivity contribution is 5.78. The number of carbonyl (C=O) groups excluding carboxylic acids is 1. The minimum atomic E-state index is -0.597. The van der Waals surface area contributed by atoms with Crippen LogP contribution in [0.2, 0.25) is 0 Å². The average molecular weight is 404 g/mol. The Morgan fingerprint density at radius 1 is 1.28 bits per heavy atom. The monoisotopic (exact) mass is 404 g/mol. The maximum Gasteiger partial charge on any atom is 0.223 e. The topological polar surface area (TPSA) is 84.6 Å². The van der Waals surface area contributed by atoms with E-state index in [-0.39, 0.29) is 23.7 Å². The lowest BCUT2D eigenvalue weighted by Crippen LogP contribution is -2.47. The molecule has 29 heavy (non-hydrogen) atoms. The second-order valence-electron chi connectivity index (χ2n) is 7.59. The molecule has 0 radical (unpaired) electrons. The van der Waals surface area contributed by atoms with Gasteiger partial charge in [0.25, 0.3) is 0 Å². The lowest BCUT2D eigenvalue weighted by atomic mass is 9.97. The van der Waals surface area contributed by atoms with Crippen LogP contribution in [0.3, 0.4) is 0 Å². The van der Waals surface area contributed by atoms with Crippen LogP contribution in [0.15, 0.2) is 34.9 Å². The molecule has 2 N–H and O–H groups in total. The van der Waals surface area contributed by atoms with Gasteiger partial charge in [-0.3, -0.25) is 4.79 Å². The zero-order chi connectivity index (χ0) is 20.8. The Bertz CT molecular complexity index is 788. The molecule has 7 heteroatoms. The molecule has 3 rings (SSSR count). The fourth-order valence-electron chi connectivity index (χ4n) is 3.68. The number of aliphatic hydroxyl groups excluding tert-OH is 1. The Balaban J connectivity index is 1.55. The van der Waals surface area contributed by atoms with Crippen molar-refractivity contribution in [3.05, 3.63) is 41.8 Å². The number of nitrogens with one attached hydrogen (secondary N) is 1. The molecular weight excluding hydrogens is 375 g/mol. The van der Waals surface area contributed by atoms with Gasteiger partial charge in [0, 0.05) is 30.5 Å². The van der Waals surface area contributed by atoms with E-state index in [0.29, 0.717) is 31.6 Å². The van der Waals surface area contributed by atoms with Crippen LogP contribution in [-0.2, 0) is 16.0 Å². The van der Waals surface area contributed by atoms with E-state index < -0.39 is 12.2 Å². The van der Waals surface area contributed by atoms with E-state index in [0.717, 1.165) is 24.1 Å². The van der Waals surface area contributed by atoms with E-state index in [1.54, 1.807) is 12.1 Å². The van der Waals surface area contributed by atoms with Crippen LogP contribution < -0.4 is 5.32 Å². The summed E-state index contributed by atoms with van der Waals surface area (Å²) < 4.78 is 24.5. The van der Waals surface area contributed by atoms with Crippen LogP contribution in [0.4, 0.5) is 4.39 Å². The van der Waals surface area contributed by atoms with E-state index in [2.05, 4.69) is 10.5 Å². The molecule has 1 amide bonds. The lowest BCUT2D eigenvalue weighted by molar-refractivity contribution is -0.132. The summed E-state index contributed by atoms with van der Waals surface area (Å²) in [5, 5.41) is 17.3. The number of benzene rings is 1. The number of nitrogens with zero attached hydrogens (tertiary/aromatic N) is 1. The van der Waals surface area contributed by atoms with Crippen LogP contribution >= 0.6 is 0 Å². The minimum Gasteiger partial charge on any atom is -0.390 e. The van der Waals surface area contributed by atoms with Crippen molar-refractivity contribution in [1.82, 2.24) is 10.5 Å². The molecule has 0 saturated carbocycles. The maximum absolute atomic E-state index is 13.1. The molecule has 3 atom stereocenters. The molecular formula is C22H29FN2O4. The average Bonchev–Trinajstić information content (AvgIpc) is 3.18. The molecule has 6 nitrogen and oxygen atoms in total. The van der Waals surface area contributed by atoms with Gasteiger partial charge in [-0.05, 0) is 49.9 Å². The highest BCUT2D eigenvalue weighted by Gasteiger charge is 2.31. The van der Waals surface area contributed by atoms with Gasteiger partial charge in [0.05, 0.1) is 17.9 Å². The number of hydrogen-bond acceptors (Lipinski definition) is 5. The number of amides is 1. The summed E-state index contributed by atoms with van der Waals surface area (Å²) in [6.07, 6.45) is 2.31. The third-order valence-corrected chi connectivity index (χ3v) is 5.54. The van der Waals surface area contributed by atoms with Crippen LogP contribution in [0, 0.1) is 11.7 Å². The second kappa shape index (κ2) is 9.98. The molecule has 0 unspecified atom stereocenters. The molecule has 0 spiro atoms. The smallest absolute Gasteiger partial charge is 0.223 e. The molecule has 2 aromatic rings. The van der Waals surface area contributed by atoms with Gasteiger partial charge in [0.1, 0.15) is 11.9 Å². The van der Waals surface area contributed by atoms with Crippen LogP contribution in [0.25, 0.3) is 11.3 Å². The summed E-state index contributed by atoms with van der Waals surface area (Å²) in [7, 11) is 0. The predicted molar refractivity (Wildman–Crippen MR) is 107 cm³/mol. The zero-order valence-electron chi connectivity index (χ0n) is 16.9. The fraction of sp³-hybridized carbons (Fsp3) is 0.545. The van der Waals surface area contributed by atoms with E-state index in [9.17, 15) is 14.3 Å². The quantitative estimate of drug-likeness (QED) is 0.704. The van der Waals surface area contributed by atoms with Crippen molar-refractivity contribution in [2.45, 2.75) is 64.3 Å². The number of halogens is 1. The van der Waals surface area contributed by atoms with Gasteiger partial charge in [-0.2, -0.15) is 0 Å². The number of aliphatic hydroxyl groups is 1. The number of aromatic nitrogens is 1. The first-order valence-corrected chi connectivity index (χ1v) is 10.3. The summed E-state index contributed by atoms with van der Waals surface area (Å²) in [5.74, 6) is 0.273. The van der Waals surface area contributed by atoms with Crippen LogP contribution in [-0.4, -0.2) is 41.0 Å². The van der Waals surface area contributed by atoms with E-state index in [4.69, 9.17) is 9.26 Å². The third-order valence-electron chi connectivity index (χ3n) is 5.54. The van der Waals surface area contributed by atoms with Crippen LogP contribution in [0.5, 0.6) is 0 Å². The molecule has 1 aromatic heterocycles. The number of ether oxygens (including phenoxy) is 1. The molecule has 0 aliphatic carbocycles. The van der Waals surface area contributed by atoms with Gasteiger partial charge in [0.2, 0.25) is 5.91 Å². The van der Waals surface area contributed by atoms with E-state index >= 15 is 0 Å². The highest BCUT2D eigenvalue weighted by atomic mass is 19.1. The van der Waals surface area contributed by atoms with Gasteiger partial charge in [-0.15, -0.1) is 0 Å². The summed E-state index contributed by atoms with van der Waals surface area (Å²) in [5.41, 5.74) is 1.50. The Morgan fingerprint density at radius 3 is 2.69 bits per heavy atom. The van der Waals surface area contributed by atoms with Gasteiger partial charge >= 0.3 is 0 Å². The fourth-order valence-corrected chi connectivity index (χ4v) is 3.68. The summed E-state index contributed by atoms with van der Waals surface area (Å²) in [6, 6.07) is 7.87. The maximum atomic E-state index is 13.1. The molecule has 2 heterocycles. The van der Waals surface area contributed by atoms with Crippen molar-refractivity contribution < 1.29 is 23.6 Å². The minimum absolute atomic E-state index is 0.00774. The second-order valence-corrected chi connectivity index (χ2v) is 7.59. The number of rotatable bonds is 8. The summed E-state index contributed by atoms with van der Waals surface area (Å²) in [4.78, 5) is 12.2. The van der Waals surface area contributed by atoms with Crippen molar-refractivity contribution in [2.75, 3.05) is 6.54 Å².